The van der Waals surface area contributed by atoms with Crippen LogP contribution < -0.4 is 5.32 Å². The van der Waals surface area contributed by atoms with Gasteiger partial charge in [-0.15, -0.1) is 22.7 Å². The van der Waals surface area contributed by atoms with Crippen LogP contribution in [0.4, 0.5) is 0 Å². The summed E-state index contributed by atoms with van der Waals surface area (Å²) in [5.41, 5.74) is -0.255. The van der Waals surface area contributed by atoms with Gasteiger partial charge in [-0.05, 0) is 42.8 Å². The average molecular weight is 320 g/mol. The van der Waals surface area contributed by atoms with Gasteiger partial charge in [-0.2, -0.15) is 0 Å². The van der Waals surface area contributed by atoms with E-state index >= 15 is 0 Å². The molecule has 0 radical (unpaired) electrons. The zero-order chi connectivity index (χ0) is 14.7. The van der Waals surface area contributed by atoms with Gasteiger partial charge >= 0.3 is 0 Å². The molecule has 3 rings (SSSR count). The van der Waals surface area contributed by atoms with Gasteiger partial charge in [0.2, 0.25) is 5.91 Å². The highest BCUT2D eigenvalue weighted by Crippen LogP contribution is 2.29. The van der Waals surface area contributed by atoms with Crippen molar-refractivity contribution in [3.05, 3.63) is 44.8 Å². The van der Waals surface area contributed by atoms with E-state index in [0.29, 0.717) is 13.1 Å². The van der Waals surface area contributed by atoms with Crippen LogP contribution in [0.15, 0.2) is 35.0 Å². The molecular formula is C16H20N2OS2. The average Bonchev–Trinajstić information content (AvgIpc) is 3.20. The third kappa shape index (κ3) is 3.36. The highest BCUT2D eigenvalue weighted by molar-refractivity contribution is 7.10. The molecule has 3 nitrogen and oxygen atoms in total. The quantitative estimate of drug-likeness (QED) is 0.916. The molecule has 112 valence electrons. The number of nitrogens with zero attached hydrogens (tertiary/aromatic N) is 1. The Morgan fingerprint density at radius 3 is 2.29 bits per heavy atom. The molecule has 2 aromatic rings. The molecule has 1 fully saturated rings. The molecule has 0 aliphatic carbocycles. The fourth-order valence-electron chi connectivity index (χ4n) is 2.76. The van der Waals surface area contributed by atoms with Crippen LogP contribution in [0.2, 0.25) is 0 Å². The lowest BCUT2D eigenvalue weighted by atomic mass is 9.88. The maximum absolute atomic E-state index is 13.0. The van der Waals surface area contributed by atoms with Crippen molar-refractivity contribution in [3.8, 4) is 0 Å². The lowest BCUT2D eigenvalue weighted by Crippen LogP contribution is -2.42. The molecule has 5 heteroatoms. The maximum atomic E-state index is 13.0. The first-order valence-electron chi connectivity index (χ1n) is 7.22. The fourth-order valence-corrected chi connectivity index (χ4v) is 4.20. The summed E-state index contributed by atoms with van der Waals surface area (Å²) in [6.45, 7) is 5.24. The van der Waals surface area contributed by atoms with Crippen LogP contribution in [-0.2, 0) is 17.9 Å². The molecule has 1 aliphatic rings. The Morgan fingerprint density at radius 1 is 1.24 bits per heavy atom. The number of thiophene rings is 2. The standard InChI is InChI=1S/C16H20N2OS2/c1-16(6-7-17-12-16)15(19)18(10-13-4-2-8-20-13)11-14-5-3-9-21-14/h2-5,8-9,17H,6-7,10-12H2,1H3. The first-order valence-corrected chi connectivity index (χ1v) is 8.98. The van der Waals surface area contributed by atoms with E-state index in [4.69, 9.17) is 0 Å². The zero-order valence-corrected chi connectivity index (χ0v) is 13.8. The number of amides is 1. The second kappa shape index (κ2) is 6.30. The third-order valence-corrected chi connectivity index (χ3v) is 5.75. The summed E-state index contributed by atoms with van der Waals surface area (Å²) in [4.78, 5) is 17.5. The smallest absolute Gasteiger partial charge is 0.230 e. The Morgan fingerprint density at radius 2 is 1.86 bits per heavy atom. The third-order valence-electron chi connectivity index (χ3n) is 4.03. The van der Waals surface area contributed by atoms with Crippen molar-refractivity contribution in [1.82, 2.24) is 10.2 Å². The van der Waals surface area contributed by atoms with E-state index in [9.17, 15) is 4.79 Å². The maximum Gasteiger partial charge on any atom is 0.230 e. The Kier molecular flexibility index (Phi) is 4.42. The summed E-state index contributed by atoms with van der Waals surface area (Å²) in [6.07, 6.45) is 0.928. The van der Waals surface area contributed by atoms with Gasteiger partial charge in [0.25, 0.3) is 0 Å². The lowest BCUT2D eigenvalue weighted by molar-refractivity contribution is -0.141. The summed E-state index contributed by atoms with van der Waals surface area (Å²) in [5, 5.41) is 7.47. The van der Waals surface area contributed by atoms with Crippen LogP contribution >= 0.6 is 22.7 Å². The topological polar surface area (TPSA) is 32.3 Å². The van der Waals surface area contributed by atoms with Gasteiger partial charge in [0.05, 0.1) is 18.5 Å². The second-order valence-electron chi connectivity index (χ2n) is 5.81. The van der Waals surface area contributed by atoms with Gasteiger partial charge in [0.15, 0.2) is 0 Å². The number of nitrogens with one attached hydrogen (secondary N) is 1. The predicted octanol–water partition coefficient (Wildman–Crippen LogP) is 3.34. The molecule has 2 aromatic heterocycles. The van der Waals surface area contributed by atoms with E-state index in [1.807, 2.05) is 17.0 Å². The Bertz CT molecular complexity index is 535. The molecule has 0 bridgehead atoms. The second-order valence-corrected chi connectivity index (χ2v) is 7.87. The molecule has 1 unspecified atom stereocenters. The predicted molar refractivity (Wildman–Crippen MR) is 88.5 cm³/mol. The SMILES string of the molecule is CC1(C(=O)N(Cc2cccs2)Cc2cccs2)CCNC1. The number of carbonyl (C=O) groups is 1. The van der Waals surface area contributed by atoms with E-state index in [-0.39, 0.29) is 11.3 Å². The van der Waals surface area contributed by atoms with Crippen molar-refractivity contribution in [1.29, 1.82) is 0 Å². The van der Waals surface area contributed by atoms with Crippen LogP contribution in [0.5, 0.6) is 0 Å². The largest absolute Gasteiger partial charge is 0.332 e. The normalized spacial score (nSPS) is 21.6. The number of hydrogen-bond acceptors (Lipinski definition) is 4. The van der Waals surface area contributed by atoms with Crippen molar-refractivity contribution in [2.45, 2.75) is 26.4 Å². The van der Waals surface area contributed by atoms with Crippen LogP contribution in [0, 0.1) is 5.41 Å². The highest BCUT2D eigenvalue weighted by atomic mass is 32.1. The van der Waals surface area contributed by atoms with Crippen LogP contribution in [0.25, 0.3) is 0 Å². The van der Waals surface area contributed by atoms with E-state index in [2.05, 4.69) is 35.1 Å². The fraction of sp³-hybridized carbons (Fsp3) is 0.438. The van der Waals surface area contributed by atoms with Crippen molar-refractivity contribution in [3.63, 3.8) is 0 Å². The van der Waals surface area contributed by atoms with Gasteiger partial charge in [0, 0.05) is 16.3 Å². The van der Waals surface area contributed by atoms with E-state index in [1.165, 1.54) is 9.75 Å². The molecule has 1 aliphatic heterocycles. The first kappa shape index (κ1) is 14.8. The molecule has 1 saturated heterocycles. The number of carbonyl (C=O) groups excluding carboxylic acids is 1. The Labute approximate surface area is 133 Å². The van der Waals surface area contributed by atoms with Gasteiger partial charge in [0.1, 0.15) is 0 Å². The Hall–Kier alpha value is -1.17. The van der Waals surface area contributed by atoms with Crippen molar-refractivity contribution in [2.75, 3.05) is 13.1 Å². The monoisotopic (exact) mass is 320 g/mol. The van der Waals surface area contributed by atoms with Gasteiger partial charge in [-0.1, -0.05) is 12.1 Å². The summed E-state index contributed by atoms with van der Waals surface area (Å²) < 4.78 is 0. The molecule has 0 saturated carbocycles. The molecule has 0 aromatic carbocycles. The lowest BCUT2D eigenvalue weighted by Gasteiger charge is -2.30. The molecule has 1 amide bonds. The summed E-state index contributed by atoms with van der Waals surface area (Å²) >= 11 is 3.43. The number of hydrogen-bond donors (Lipinski definition) is 1. The molecular weight excluding hydrogens is 300 g/mol. The van der Waals surface area contributed by atoms with E-state index < -0.39 is 0 Å². The van der Waals surface area contributed by atoms with Gasteiger partial charge in [-0.3, -0.25) is 4.79 Å². The zero-order valence-electron chi connectivity index (χ0n) is 12.2. The van der Waals surface area contributed by atoms with Gasteiger partial charge in [-0.25, -0.2) is 0 Å². The minimum absolute atomic E-state index is 0.255. The molecule has 21 heavy (non-hydrogen) atoms. The number of rotatable bonds is 5. The van der Waals surface area contributed by atoms with E-state index in [1.54, 1.807) is 22.7 Å². The van der Waals surface area contributed by atoms with Gasteiger partial charge < -0.3 is 10.2 Å². The van der Waals surface area contributed by atoms with Crippen LogP contribution in [-0.4, -0.2) is 23.9 Å². The first-order chi connectivity index (χ1) is 10.2. The van der Waals surface area contributed by atoms with Crippen molar-refractivity contribution in [2.24, 2.45) is 5.41 Å². The molecule has 1 N–H and O–H groups in total. The summed E-state index contributed by atoms with van der Waals surface area (Å²) in [6, 6.07) is 8.31. The van der Waals surface area contributed by atoms with Crippen molar-refractivity contribution < 1.29 is 4.79 Å². The Balaban J connectivity index is 1.79. The minimum Gasteiger partial charge on any atom is -0.332 e. The van der Waals surface area contributed by atoms with Crippen molar-refractivity contribution >= 4 is 28.6 Å². The molecule has 1 atom stereocenters. The van der Waals surface area contributed by atoms with Crippen LogP contribution in [0.3, 0.4) is 0 Å². The summed E-state index contributed by atoms with van der Waals surface area (Å²) in [5.74, 6) is 0.273. The van der Waals surface area contributed by atoms with E-state index in [0.717, 1.165) is 19.5 Å². The molecule has 3 heterocycles. The minimum atomic E-state index is -0.255. The molecule has 0 spiro atoms. The van der Waals surface area contributed by atoms with Crippen LogP contribution in [0.1, 0.15) is 23.1 Å². The highest BCUT2D eigenvalue weighted by Gasteiger charge is 2.39. The summed E-state index contributed by atoms with van der Waals surface area (Å²) in [7, 11) is 0.